The Balaban J connectivity index is 1.24. The van der Waals surface area contributed by atoms with Crippen molar-refractivity contribution in [1.82, 2.24) is 14.9 Å². The Morgan fingerprint density at radius 2 is 1.20 bits per heavy atom. The largest absolute Gasteiger partial charge is 0.337 e. The van der Waals surface area contributed by atoms with Crippen molar-refractivity contribution >= 4 is 55.2 Å². The van der Waals surface area contributed by atoms with Gasteiger partial charge in [0, 0.05) is 45.9 Å². The molecule has 1 aliphatic heterocycles. The highest BCUT2D eigenvalue weighted by Crippen LogP contribution is 2.38. The van der Waals surface area contributed by atoms with Crippen LogP contribution >= 0.6 is 0 Å². The Labute approximate surface area is 235 Å². The van der Waals surface area contributed by atoms with E-state index in [9.17, 15) is 9.59 Å². The Morgan fingerprint density at radius 1 is 0.610 bits per heavy atom. The molecule has 41 heavy (non-hydrogen) atoms. The molecule has 196 valence electrons. The van der Waals surface area contributed by atoms with Gasteiger partial charge in [0.15, 0.2) is 0 Å². The minimum absolute atomic E-state index is 0.198. The molecular formula is C35H24N4O2. The molecule has 0 saturated carbocycles. The molecule has 0 bridgehead atoms. The third-order valence-electron chi connectivity index (χ3n) is 8.19. The first kappa shape index (κ1) is 23.5. The number of aromatic nitrogens is 2. The number of imidazole rings is 1. The molecular weight excluding hydrogens is 508 g/mol. The summed E-state index contributed by atoms with van der Waals surface area (Å²) in [4.78, 5) is 36.1. The number of benzene rings is 6. The Bertz CT molecular complexity index is 2120. The molecule has 1 aliphatic rings. The van der Waals surface area contributed by atoms with E-state index in [0.29, 0.717) is 16.5 Å². The van der Waals surface area contributed by atoms with Crippen LogP contribution in [-0.2, 0) is 0 Å². The molecule has 0 unspecified atom stereocenters. The lowest BCUT2D eigenvalue weighted by Gasteiger charge is -2.27. The zero-order valence-corrected chi connectivity index (χ0v) is 22.0. The van der Waals surface area contributed by atoms with Crippen molar-refractivity contribution in [2.75, 3.05) is 13.1 Å². The first-order valence-electron chi connectivity index (χ1n) is 13.7. The van der Waals surface area contributed by atoms with Crippen LogP contribution in [0.25, 0.3) is 65.9 Å². The summed E-state index contributed by atoms with van der Waals surface area (Å²) in [6.07, 6.45) is 0. The average Bonchev–Trinajstić information content (AvgIpc) is 3.48. The van der Waals surface area contributed by atoms with Gasteiger partial charge in [-0.1, -0.05) is 91.0 Å². The third kappa shape index (κ3) is 3.38. The molecule has 0 saturated heterocycles. The van der Waals surface area contributed by atoms with Crippen molar-refractivity contribution in [2.24, 2.45) is 5.73 Å². The van der Waals surface area contributed by atoms with Gasteiger partial charge in [-0.05, 0) is 39.4 Å². The SMILES string of the molecule is NCCN1C(=O)c2cccc3c(-c4ccc(-c5nc6c7ccccc7c7ccccc7c6[nH]5)cc4)ccc(c23)C1=O. The molecule has 6 heteroatoms. The molecule has 2 heterocycles. The van der Waals surface area contributed by atoms with Crippen LogP contribution in [0.5, 0.6) is 0 Å². The minimum Gasteiger partial charge on any atom is -0.337 e. The minimum atomic E-state index is -0.295. The van der Waals surface area contributed by atoms with E-state index in [2.05, 4.69) is 77.8 Å². The van der Waals surface area contributed by atoms with Gasteiger partial charge in [0.1, 0.15) is 5.82 Å². The number of hydrogen-bond donors (Lipinski definition) is 2. The summed E-state index contributed by atoms with van der Waals surface area (Å²) >= 11 is 0. The van der Waals surface area contributed by atoms with Crippen LogP contribution in [0, 0.1) is 0 Å². The number of H-pyrrole nitrogens is 1. The Kier molecular flexibility index (Phi) is 5.08. The van der Waals surface area contributed by atoms with E-state index >= 15 is 0 Å². The van der Waals surface area contributed by atoms with Crippen LogP contribution in [0.15, 0.2) is 103 Å². The van der Waals surface area contributed by atoms with Crippen LogP contribution in [0.2, 0.25) is 0 Å². The number of fused-ring (bicyclic) bond motifs is 6. The second-order valence-electron chi connectivity index (χ2n) is 10.4. The van der Waals surface area contributed by atoms with Gasteiger partial charge in [-0.2, -0.15) is 0 Å². The van der Waals surface area contributed by atoms with Gasteiger partial charge in [-0.25, -0.2) is 4.98 Å². The highest BCUT2D eigenvalue weighted by molar-refractivity contribution is 6.27. The summed E-state index contributed by atoms with van der Waals surface area (Å²) in [7, 11) is 0. The van der Waals surface area contributed by atoms with E-state index in [1.807, 2.05) is 24.3 Å². The first-order chi connectivity index (χ1) is 20.1. The number of rotatable bonds is 4. The smallest absolute Gasteiger partial charge is 0.261 e. The van der Waals surface area contributed by atoms with Crippen LogP contribution in [-0.4, -0.2) is 39.8 Å². The Hall–Kier alpha value is -5.33. The molecule has 0 fully saturated rings. The summed E-state index contributed by atoms with van der Waals surface area (Å²) in [5.74, 6) is 0.216. The molecule has 6 nitrogen and oxygen atoms in total. The molecule has 0 spiro atoms. The molecule has 3 N–H and O–H groups in total. The maximum Gasteiger partial charge on any atom is 0.261 e. The van der Waals surface area contributed by atoms with Crippen LogP contribution in [0.3, 0.4) is 0 Å². The summed E-state index contributed by atoms with van der Waals surface area (Å²) in [5.41, 5.74) is 11.7. The number of hydrogen-bond acceptors (Lipinski definition) is 4. The highest BCUT2D eigenvalue weighted by atomic mass is 16.2. The maximum absolute atomic E-state index is 13.1. The van der Waals surface area contributed by atoms with Crippen molar-refractivity contribution < 1.29 is 9.59 Å². The lowest BCUT2D eigenvalue weighted by atomic mass is 9.89. The second-order valence-corrected chi connectivity index (χ2v) is 10.4. The molecule has 8 rings (SSSR count). The van der Waals surface area contributed by atoms with Crippen LogP contribution in [0.4, 0.5) is 0 Å². The van der Waals surface area contributed by atoms with Gasteiger partial charge in [-0.15, -0.1) is 0 Å². The summed E-state index contributed by atoms with van der Waals surface area (Å²) in [6.45, 7) is 0.426. The number of carbonyl (C=O) groups excluding carboxylic acids is 2. The lowest BCUT2D eigenvalue weighted by Crippen LogP contribution is -2.43. The zero-order valence-electron chi connectivity index (χ0n) is 22.0. The number of nitrogens with two attached hydrogens (primary N) is 1. The van der Waals surface area contributed by atoms with Crippen molar-refractivity contribution in [3.8, 4) is 22.5 Å². The lowest BCUT2D eigenvalue weighted by molar-refractivity contribution is 0.0615. The Morgan fingerprint density at radius 3 is 1.93 bits per heavy atom. The van der Waals surface area contributed by atoms with Gasteiger partial charge in [0.05, 0.1) is 11.0 Å². The number of aromatic amines is 1. The number of nitrogens with zero attached hydrogens (tertiary/aromatic N) is 2. The fourth-order valence-electron chi connectivity index (χ4n) is 6.30. The second kappa shape index (κ2) is 8.84. The van der Waals surface area contributed by atoms with Crippen molar-refractivity contribution in [2.45, 2.75) is 0 Å². The van der Waals surface area contributed by atoms with Crippen molar-refractivity contribution in [3.05, 3.63) is 114 Å². The van der Waals surface area contributed by atoms with E-state index in [1.54, 1.807) is 6.07 Å². The molecule has 1 aromatic heterocycles. The van der Waals surface area contributed by atoms with Crippen LogP contribution in [0.1, 0.15) is 20.7 Å². The summed E-state index contributed by atoms with van der Waals surface area (Å²) < 4.78 is 0. The van der Waals surface area contributed by atoms with E-state index in [-0.39, 0.29) is 24.9 Å². The van der Waals surface area contributed by atoms with E-state index in [4.69, 9.17) is 10.7 Å². The van der Waals surface area contributed by atoms with E-state index in [1.165, 1.54) is 15.7 Å². The fourth-order valence-corrected chi connectivity index (χ4v) is 6.30. The number of nitrogens with one attached hydrogen (secondary N) is 1. The standard InChI is InChI=1S/C35H24N4O2/c36-18-19-39-34(40)28-11-5-10-25-22(16-17-29(30(25)28)35(39)41)20-12-14-21(15-13-20)33-37-31-26-8-3-1-6-23(26)24-7-2-4-9-27(24)32(31)38-33/h1-17H,18-19,36H2,(H,37,38). The first-order valence-corrected chi connectivity index (χ1v) is 13.7. The van der Waals surface area contributed by atoms with Gasteiger partial charge < -0.3 is 10.7 Å². The normalized spacial score (nSPS) is 13.2. The van der Waals surface area contributed by atoms with Gasteiger partial charge in [0.2, 0.25) is 0 Å². The summed E-state index contributed by atoms with van der Waals surface area (Å²) in [5, 5.41) is 6.24. The number of amides is 2. The summed E-state index contributed by atoms with van der Waals surface area (Å²) in [6, 6.07) is 34.5. The molecule has 2 amide bonds. The number of carbonyl (C=O) groups is 2. The maximum atomic E-state index is 13.1. The molecule has 7 aromatic rings. The third-order valence-corrected chi connectivity index (χ3v) is 8.19. The molecule has 0 radical (unpaired) electrons. The quantitative estimate of drug-likeness (QED) is 0.190. The van der Waals surface area contributed by atoms with E-state index in [0.717, 1.165) is 49.7 Å². The predicted octanol–water partition coefficient (Wildman–Crippen LogP) is 6.91. The van der Waals surface area contributed by atoms with E-state index < -0.39 is 0 Å². The van der Waals surface area contributed by atoms with Gasteiger partial charge in [0.25, 0.3) is 11.8 Å². The topological polar surface area (TPSA) is 92.1 Å². The average molecular weight is 533 g/mol. The zero-order chi connectivity index (χ0) is 27.7. The number of imide groups is 1. The molecule has 0 aliphatic carbocycles. The predicted molar refractivity (Wildman–Crippen MR) is 164 cm³/mol. The van der Waals surface area contributed by atoms with Crippen molar-refractivity contribution in [1.29, 1.82) is 0 Å². The van der Waals surface area contributed by atoms with Gasteiger partial charge >= 0.3 is 0 Å². The molecule has 0 atom stereocenters. The monoisotopic (exact) mass is 532 g/mol. The highest BCUT2D eigenvalue weighted by Gasteiger charge is 2.32. The molecule has 6 aromatic carbocycles. The van der Waals surface area contributed by atoms with Crippen LogP contribution < -0.4 is 5.73 Å². The van der Waals surface area contributed by atoms with Gasteiger partial charge in [-0.3, -0.25) is 14.5 Å². The fraction of sp³-hybridized carbons (Fsp3) is 0.0571. The van der Waals surface area contributed by atoms with Crippen molar-refractivity contribution in [3.63, 3.8) is 0 Å².